The number of nitrogens with zero attached hydrogens (tertiary/aromatic N) is 3. The number of benzene rings is 1. The van der Waals surface area contributed by atoms with E-state index in [1.165, 1.54) is 41.4 Å². The fourth-order valence-corrected chi connectivity index (χ4v) is 4.38. The second-order valence-electron chi connectivity index (χ2n) is 6.87. The third-order valence-corrected chi connectivity index (χ3v) is 6.23. The highest BCUT2D eigenvalue weighted by molar-refractivity contribution is 14.0. The highest BCUT2D eigenvalue weighted by Gasteiger charge is 2.23. The van der Waals surface area contributed by atoms with Crippen LogP contribution in [-0.4, -0.2) is 49.1 Å². The molecule has 0 aliphatic carbocycles. The van der Waals surface area contributed by atoms with Crippen molar-refractivity contribution in [3.63, 3.8) is 0 Å². The van der Waals surface area contributed by atoms with Gasteiger partial charge >= 0.3 is 0 Å². The second-order valence-corrected chi connectivity index (χ2v) is 8.07. The van der Waals surface area contributed by atoms with Crippen LogP contribution in [0.5, 0.6) is 0 Å². The van der Waals surface area contributed by atoms with E-state index < -0.39 is 0 Å². The molecule has 2 heterocycles. The number of nitrogens with one attached hydrogen (secondary N) is 2. The number of rotatable bonds is 8. The van der Waals surface area contributed by atoms with Crippen molar-refractivity contribution in [2.24, 2.45) is 4.99 Å². The minimum atomic E-state index is 0. The van der Waals surface area contributed by atoms with Crippen LogP contribution in [0.1, 0.15) is 41.3 Å². The highest BCUT2D eigenvalue weighted by atomic mass is 127. The molecule has 154 valence electrons. The highest BCUT2D eigenvalue weighted by Crippen LogP contribution is 2.24. The Bertz CT molecular complexity index is 713. The molecule has 1 aromatic heterocycles. The summed E-state index contributed by atoms with van der Waals surface area (Å²) in [5, 5.41) is 8.15. The van der Waals surface area contributed by atoms with Gasteiger partial charge in [0, 0.05) is 37.6 Å². The number of guanidine groups is 1. The van der Waals surface area contributed by atoms with E-state index in [4.69, 9.17) is 0 Å². The molecule has 1 aliphatic rings. The normalized spacial score (nSPS) is 15.9. The average Bonchev–Trinajstić information content (AvgIpc) is 3.40. The van der Waals surface area contributed by atoms with E-state index in [-0.39, 0.29) is 24.0 Å². The molecule has 0 amide bonds. The zero-order valence-electron chi connectivity index (χ0n) is 16.9. The van der Waals surface area contributed by atoms with Crippen LogP contribution in [0, 0.1) is 0 Å². The van der Waals surface area contributed by atoms with Gasteiger partial charge in [-0.1, -0.05) is 37.3 Å². The summed E-state index contributed by atoms with van der Waals surface area (Å²) in [4.78, 5) is 12.8. The van der Waals surface area contributed by atoms with E-state index in [1.54, 1.807) is 11.3 Å². The van der Waals surface area contributed by atoms with Gasteiger partial charge in [-0.2, -0.15) is 0 Å². The Morgan fingerprint density at radius 1 is 1.21 bits per heavy atom. The van der Waals surface area contributed by atoms with Crippen molar-refractivity contribution in [2.75, 3.05) is 33.2 Å². The summed E-state index contributed by atoms with van der Waals surface area (Å²) in [7, 11) is 1.83. The summed E-state index contributed by atoms with van der Waals surface area (Å²) in [5.41, 5.74) is 1.37. The monoisotopic (exact) mass is 513 g/mol. The van der Waals surface area contributed by atoms with Crippen LogP contribution in [0.15, 0.2) is 41.5 Å². The fourth-order valence-electron chi connectivity index (χ4n) is 3.52. The van der Waals surface area contributed by atoms with Crippen LogP contribution >= 0.6 is 35.3 Å². The third kappa shape index (κ3) is 6.70. The van der Waals surface area contributed by atoms with Gasteiger partial charge in [0.2, 0.25) is 0 Å². The molecule has 0 radical (unpaired) electrons. The first kappa shape index (κ1) is 23.1. The Morgan fingerprint density at radius 2 is 1.96 bits per heavy atom. The molecule has 1 unspecified atom stereocenters. The minimum Gasteiger partial charge on any atom is -0.356 e. The maximum absolute atomic E-state index is 4.49. The van der Waals surface area contributed by atoms with Crippen molar-refractivity contribution in [2.45, 2.75) is 38.6 Å². The topological polar surface area (TPSA) is 52.6 Å². The molecule has 1 aromatic carbocycles. The first-order valence-corrected chi connectivity index (χ1v) is 10.8. The molecule has 0 bridgehead atoms. The quantitative estimate of drug-likeness (QED) is 0.320. The zero-order chi connectivity index (χ0) is 18.9. The molecule has 5 nitrogen and oxygen atoms in total. The van der Waals surface area contributed by atoms with Gasteiger partial charge in [-0.25, -0.2) is 4.98 Å². The van der Waals surface area contributed by atoms with Crippen molar-refractivity contribution in [1.82, 2.24) is 20.5 Å². The molecule has 1 atom stereocenters. The molecule has 1 saturated heterocycles. The Labute approximate surface area is 190 Å². The van der Waals surface area contributed by atoms with Crippen molar-refractivity contribution in [3.05, 3.63) is 52.0 Å². The van der Waals surface area contributed by atoms with E-state index in [2.05, 4.69) is 62.8 Å². The van der Waals surface area contributed by atoms with Gasteiger partial charge in [-0.3, -0.25) is 9.89 Å². The lowest BCUT2D eigenvalue weighted by Gasteiger charge is -2.29. The van der Waals surface area contributed by atoms with E-state index in [1.807, 2.05) is 13.2 Å². The molecule has 7 heteroatoms. The first-order valence-electron chi connectivity index (χ1n) is 9.97. The molecule has 3 rings (SSSR count). The Balaban J connectivity index is 0.00000280. The van der Waals surface area contributed by atoms with Gasteiger partial charge in [0.15, 0.2) is 5.96 Å². The van der Waals surface area contributed by atoms with E-state index >= 15 is 0 Å². The van der Waals surface area contributed by atoms with Crippen LogP contribution in [0.25, 0.3) is 0 Å². The largest absolute Gasteiger partial charge is 0.356 e. The second kappa shape index (κ2) is 12.4. The molecule has 1 fully saturated rings. The van der Waals surface area contributed by atoms with Gasteiger partial charge in [0.25, 0.3) is 0 Å². The molecular weight excluding hydrogens is 481 g/mol. The summed E-state index contributed by atoms with van der Waals surface area (Å²) < 4.78 is 0. The number of likely N-dealkylation sites (tertiary alicyclic amines) is 1. The molecular formula is C21H32IN5S. The first-order chi connectivity index (χ1) is 13.3. The summed E-state index contributed by atoms with van der Waals surface area (Å²) in [6, 6.07) is 11.2. The molecule has 2 aromatic rings. The molecule has 28 heavy (non-hydrogen) atoms. The smallest absolute Gasteiger partial charge is 0.191 e. The predicted octanol–water partition coefficient (Wildman–Crippen LogP) is 3.87. The Hall–Kier alpha value is -1.19. The van der Waals surface area contributed by atoms with Crippen LogP contribution in [0.2, 0.25) is 0 Å². The Kier molecular flexibility index (Phi) is 10.2. The van der Waals surface area contributed by atoms with Gasteiger partial charge in [0.05, 0.1) is 11.0 Å². The molecule has 0 saturated carbocycles. The SMILES string of the molecule is CCc1cnc(CCNC(=NC)NCC(c2ccccc2)N2CCCC2)s1.I. The number of hydrogen-bond acceptors (Lipinski definition) is 4. The van der Waals surface area contributed by atoms with E-state index in [9.17, 15) is 0 Å². The van der Waals surface area contributed by atoms with Crippen LogP contribution in [0.3, 0.4) is 0 Å². The maximum Gasteiger partial charge on any atom is 0.191 e. The van der Waals surface area contributed by atoms with Crippen LogP contribution < -0.4 is 10.6 Å². The summed E-state index contributed by atoms with van der Waals surface area (Å²) in [5.74, 6) is 0.863. The maximum atomic E-state index is 4.49. The van der Waals surface area contributed by atoms with Crippen molar-refractivity contribution < 1.29 is 0 Å². The molecule has 0 spiro atoms. The minimum absolute atomic E-state index is 0. The lowest BCUT2D eigenvalue weighted by molar-refractivity contribution is 0.245. The summed E-state index contributed by atoms with van der Waals surface area (Å²) >= 11 is 1.81. The number of aliphatic imine (C=N–C) groups is 1. The standard InChI is InChI=1S/C21H31N5S.HI/c1-3-18-15-24-20(27-18)11-12-23-21(22-2)25-16-19(26-13-7-8-14-26)17-9-5-4-6-10-17;/h4-6,9-10,15,19H,3,7-8,11-14,16H2,1-2H3,(H2,22,23,25);1H. The molecule has 2 N–H and O–H groups in total. The summed E-state index contributed by atoms with van der Waals surface area (Å²) in [6.45, 7) is 6.23. The van der Waals surface area contributed by atoms with Gasteiger partial charge < -0.3 is 10.6 Å². The Morgan fingerprint density at radius 3 is 2.61 bits per heavy atom. The fraction of sp³-hybridized carbons (Fsp3) is 0.524. The molecule has 1 aliphatic heterocycles. The number of halogens is 1. The lowest BCUT2D eigenvalue weighted by atomic mass is 10.1. The lowest BCUT2D eigenvalue weighted by Crippen LogP contribution is -2.43. The van der Waals surface area contributed by atoms with Crippen molar-refractivity contribution in [1.29, 1.82) is 0 Å². The number of hydrogen-bond donors (Lipinski definition) is 2. The van der Waals surface area contributed by atoms with Gasteiger partial charge in [-0.05, 0) is 37.9 Å². The van der Waals surface area contributed by atoms with Gasteiger partial charge in [0.1, 0.15) is 0 Å². The van der Waals surface area contributed by atoms with Crippen LogP contribution in [0.4, 0.5) is 0 Å². The van der Waals surface area contributed by atoms with Crippen molar-refractivity contribution >= 4 is 41.3 Å². The number of aryl methyl sites for hydroxylation is 1. The average molecular weight is 513 g/mol. The van der Waals surface area contributed by atoms with Gasteiger partial charge in [-0.15, -0.1) is 35.3 Å². The number of thiazole rings is 1. The van der Waals surface area contributed by atoms with E-state index in [0.29, 0.717) is 6.04 Å². The number of aromatic nitrogens is 1. The third-order valence-electron chi connectivity index (χ3n) is 5.03. The zero-order valence-corrected chi connectivity index (χ0v) is 20.0. The van der Waals surface area contributed by atoms with E-state index in [0.717, 1.165) is 31.9 Å². The van der Waals surface area contributed by atoms with Crippen molar-refractivity contribution in [3.8, 4) is 0 Å². The summed E-state index contributed by atoms with van der Waals surface area (Å²) in [6.07, 6.45) is 6.58. The predicted molar refractivity (Wildman–Crippen MR) is 130 cm³/mol. The van der Waals surface area contributed by atoms with Crippen LogP contribution in [-0.2, 0) is 12.8 Å².